The molecule has 0 heterocycles. The summed E-state index contributed by atoms with van der Waals surface area (Å²) in [6.07, 6.45) is 0. The molecular formula is C14H20N4O3. The number of nitrogens with two attached hydrogens (primary N) is 1. The van der Waals surface area contributed by atoms with Crippen molar-refractivity contribution in [3.05, 3.63) is 24.3 Å². The largest absolute Gasteiger partial charge is 0.399 e. The second kappa shape index (κ2) is 7.39. The molecule has 0 fully saturated rings. The zero-order valence-corrected chi connectivity index (χ0v) is 12.4. The highest BCUT2D eigenvalue weighted by atomic mass is 16.2. The van der Waals surface area contributed by atoms with Crippen molar-refractivity contribution in [3.63, 3.8) is 0 Å². The molecule has 0 atom stereocenters. The summed E-state index contributed by atoms with van der Waals surface area (Å²) >= 11 is 0. The summed E-state index contributed by atoms with van der Waals surface area (Å²) in [5.41, 5.74) is 6.38. The van der Waals surface area contributed by atoms with Crippen molar-refractivity contribution in [2.24, 2.45) is 0 Å². The molecule has 0 saturated carbocycles. The standard InChI is InChI=1S/C14H20N4O3/c1-10(19)18(12-6-4-11(15)5-7-12)14(21)13(20)16-8-9-17(2)3/h4-7H,8-9,15H2,1-3H3,(H,16,20). The lowest BCUT2D eigenvalue weighted by molar-refractivity contribution is -0.139. The van der Waals surface area contributed by atoms with Crippen molar-refractivity contribution >= 4 is 29.1 Å². The lowest BCUT2D eigenvalue weighted by atomic mass is 10.2. The van der Waals surface area contributed by atoms with Crippen molar-refractivity contribution in [2.45, 2.75) is 6.92 Å². The van der Waals surface area contributed by atoms with E-state index in [1.54, 1.807) is 12.1 Å². The molecule has 0 unspecified atom stereocenters. The number of nitrogens with zero attached hydrogens (tertiary/aromatic N) is 2. The molecule has 7 nitrogen and oxygen atoms in total. The lowest BCUT2D eigenvalue weighted by Crippen LogP contribution is -2.46. The average molecular weight is 292 g/mol. The molecule has 1 aromatic rings. The Balaban J connectivity index is 2.81. The third kappa shape index (κ3) is 4.88. The molecular weight excluding hydrogens is 272 g/mol. The van der Waals surface area contributed by atoms with Crippen molar-refractivity contribution in [1.29, 1.82) is 0 Å². The fraction of sp³-hybridized carbons (Fsp3) is 0.357. The zero-order chi connectivity index (χ0) is 16.0. The Kier molecular flexibility index (Phi) is 5.86. The van der Waals surface area contributed by atoms with Crippen molar-refractivity contribution in [3.8, 4) is 0 Å². The van der Waals surface area contributed by atoms with E-state index in [-0.39, 0.29) is 0 Å². The Morgan fingerprint density at radius 3 is 2.19 bits per heavy atom. The number of hydrogen-bond donors (Lipinski definition) is 2. The molecule has 3 N–H and O–H groups in total. The molecule has 0 spiro atoms. The molecule has 114 valence electrons. The fourth-order valence-corrected chi connectivity index (χ4v) is 1.64. The fourth-order valence-electron chi connectivity index (χ4n) is 1.64. The minimum Gasteiger partial charge on any atom is -0.399 e. The van der Waals surface area contributed by atoms with Crippen LogP contribution in [-0.4, -0.2) is 49.8 Å². The number of likely N-dealkylation sites (N-methyl/N-ethyl adjacent to an activating group) is 1. The maximum Gasteiger partial charge on any atom is 0.323 e. The number of nitrogens with one attached hydrogen (secondary N) is 1. The van der Waals surface area contributed by atoms with Crippen molar-refractivity contribution in [1.82, 2.24) is 10.2 Å². The number of hydrogen-bond acceptors (Lipinski definition) is 5. The number of carbonyl (C=O) groups is 3. The van der Waals surface area contributed by atoms with Crippen LogP contribution in [0.4, 0.5) is 11.4 Å². The van der Waals surface area contributed by atoms with Gasteiger partial charge in [0.2, 0.25) is 5.91 Å². The second-order valence-electron chi connectivity index (χ2n) is 4.81. The van der Waals surface area contributed by atoms with Crippen LogP contribution in [0.15, 0.2) is 24.3 Å². The first kappa shape index (κ1) is 16.6. The van der Waals surface area contributed by atoms with E-state index in [2.05, 4.69) is 5.32 Å². The third-order valence-electron chi connectivity index (χ3n) is 2.71. The number of rotatable bonds is 4. The first-order valence-electron chi connectivity index (χ1n) is 6.46. The number of nitrogen functional groups attached to an aromatic ring is 1. The molecule has 0 aliphatic rings. The zero-order valence-electron chi connectivity index (χ0n) is 12.4. The summed E-state index contributed by atoms with van der Waals surface area (Å²) in [5.74, 6) is -2.26. The van der Waals surface area contributed by atoms with Gasteiger partial charge in [0.25, 0.3) is 0 Å². The molecule has 0 bridgehead atoms. The Labute approximate surface area is 123 Å². The summed E-state index contributed by atoms with van der Waals surface area (Å²) in [6.45, 7) is 2.15. The molecule has 0 radical (unpaired) electrons. The number of imide groups is 1. The first-order chi connectivity index (χ1) is 9.82. The number of amides is 3. The second-order valence-corrected chi connectivity index (χ2v) is 4.81. The molecule has 0 aliphatic heterocycles. The smallest absolute Gasteiger partial charge is 0.323 e. The summed E-state index contributed by atoms with van der Waals surface area (Å²) in [7, 11) is 3.70. The van der Waals surface area contributed by atoms with E-state index in [0.29, 0.717) is 24.5 Å². The van der Waals surface area contributed by atoms with Crippen LogP contribution in [0.5, 0.6) is 0 Å². The van der Waals surface area contributed by atoms with Crippen molar-refractivity contribution in [2.75, 3.05) is 37.8 Å². The van der Waals surface area contributed by atoms with Crippen LogP contribution in [0.25, 0.3) is 0 Å². The summed E-state index contributed by atoms with van der Waals surface area (Å²) in [4.78, 5) is 38.2. The highest BCUT2D eigenvalue weighted by molar-refractivity contribution is 6.45. The van der Waals surface area contributed by atoms with Gasteiger partial charge in [-0.1, -0.05) is 0 Å². The van der Waals surface area contributed by atoms with Crippen LogP contribution in [-0.2, 0) is 14.4 Å². The topological polar surface area (TPSA) is 95.7 Å². The average Bonchev–Trinajstić information content (AvgIpc) is 2.40. The molecule has 1 rings (SSSR count). The van der Waals surface area contributed by atoms with Gasteiger partial charge in [-0.3, -0.25) is 14.4 Å². The molecule has 0 aromatic heterocycles. The van der Waals surface area contributed by atoms with Gasteiger partial charge in [-0.15, -0.1) is 0 Å². The first-order valence-corrected chi connectivity index (χ1v) is 6.46. The normalized spacial score (nSPS) is 10.3. The molecule has 3 amide bonds. The van der Waals surface area contributed by atoms with Gasteiger partial charge in [0.1, 0.15) is 0 Å². The maximum absolute atomic E-state index is 12.1. The Bertz CT molecular complexity index is 526. The summed E-state index contributed by atoms with van der Waals surface area (Å²) in [5, 5.41) is 2.48. The monoisotopic (exact) mass is 292 g/mol. The van der Waals surface area contributed by atoms with Gasteiger partial charge < -0.3 is 16.0 Å². The third-order valence-corrected chi connectivity index (χ3v) is 2.71. The molecule has 1 aromatic carbocycles. The van der Waals surface area contributed by atoms with E-state index in [9.17, 15) is 14.4 Å². The Morgan fingerprint density at radius 1 is 1.14 bits per heavy atom. The van der Waals surface area contributed by atoms with Crippen LogP contribution in [0, 0.1) is 0 Å². The van der Waals surface area contributed by atoms with Crippen LogP contribution in [0.2, 0.25) is 0 Å². The summed E-state index contributed by atoms with van der Waals surface area (Å²) < 4.78 is 0. The van der Waals surface area contributed by atoms with Gasteiger partial charge in [0.05, 0.1) is 5.69 Å². The van der Waals surface area contributed by atoms with Gasteiger partial charge in [0, 0.05) is 25.7 Å². The molecule has 0 saturated heterocycles. The van der Waals surface area contributed by atoms with E-state index in [0.717, 1.165) is 4.90 Å². The predicted octanol–water partition coefficient (Wildman–Crippen LogP) is -0.174. The van der Waals surface area contributed by atoms with E-state index in [1.165, 1.54) is 19.1 Å². The van der Waals surface area contributed by atoms with Crippen LogP contribution >= 0.6 is 0 Å². The quantitative estimate of drug-likeness (QED) is 0.593. The van der Waals surface area contributed by atoms with Crippen molar-refractivity contribution < 1.29 is 14.4 Å². The van der Waals surface area contributed by atoms with Gasteiger partial charge in [0.15, 0.2) is 0 Å². The van der Waals surface area contributed by atoms with Crippen LogP contribution in [0.3, 0.4) is 0 Å². The lowest BCUT2D eigenvalue weighted by Gasteiger charge is -2.19. The van der Waals surface area contributed by atoms with E-state index in [4.69, 9.17) is 5.73 Å². The predicted molar refractivity (Wildman–Crippen MR) is 80.6 cm³/mol. The molecule has 0 aliphatic carbocycles. The Morgan fingerprint density at radius 2 is 1.71 bits per heavy atom. The number of anilines is 2. The minimum absolute atomic E-state index is 0.310. The molecule has 7 heteroatoms. The summed E-state index contributed by atoms with van der Waals surface area (Å²) in [6, 6.07) is 6.15. The van der Waals surface area contributed by atoms with E-state index in [1.807, 2.05) is 19.0 Å². The van der Waals surface area contributed by atoms with E-state index >= 15 is 0 Å². The van der Waals surface area contributed by atoms with Gasteiger partial charge in [-0.05, 0) is 38.4 Å². The highest BCUT2D eigenvalue weighted by Gasteiger charge is 2.26. The van der Waals surface area contributed by atoms with Gasteiger partial charge in [-0.2, -0.15) is 0 Å². The SMILES string of the molecule is CC(=O)N(C(=O)C(=O)NCCN(C)C)c1ccc(N)cc1. The number of benzene rings is 1. The van der Waals surface area contributed by atoms with Crippen LogP contribution in [0.1, 0.15) is 6.92 Å². The van der Waals surface area contributed by atoms with E-state index < -0.39 is 17.7 Å². The van der Waals surface area contributed by atoms with Gasteiger partial charge in [-0.25, -0.2) is 4.90 Å². The van der Waals surface area contributed by atoms with Crippen LogP contribution < -0.4 is 16.0 Å². The number of carbonyl (C=O) groups excluding carboxylic acids is 3. The highest BCUT2D eigenvalue weighted by Crippen LogP contribution is 2.16. The van der Waals surface area contributed by atoms with Gasteiger partial charge >= 0.3 is 11.8 Å². The molecule has 21 heavy (non-hydrogen) atoms. The minimum atomic E-state index is -0.911. The maximum atomic E-state index is 12.1. The Hall–Kier alpha value is -2.41.